The molecule has 3 nitrogen and oxygen atoms in total. The van der Waals surface area contributed by atoms with Crippen LogP contribution in [0.25, 0.3) is 5.69 Å². The predicted octanol–water partition coefficient (Wildman–Crippen LogP) is 3.04. The summed E-state index contributed by atoms with van der Waals surface area (Å²) < 4.78 is 2.37. The molecule has 3 heteroatoms. The number of aromatic nitrogens is 1. The third-order valence-corrected chi connectivity index (χ3v) is 4.80. The average Bonchev–Trinajstić information content (AvgIpc) is 2.98. The molecule has 3 heterocycles. The molecule has 2 N–H and O–H groups in total. The summed E-state index contributed by atoms with van der Waals surface area (Å²) in [6.07, 6.45) is 5.58. The van der Waals surface area contributed by atoms with Crippen molar-refractivity contribution in [2.45, 2.75) is 31.7 Å². The van der Waals surface area contributed by atoms with Gasteiger partial charge < -0.3 is 15.2 Å². The summed E-state index contributed by atoms with van der Waals surface area (Å²) in [6.45, 7) is 4.38. The summed E-state index contributed by atoms with van der Waals surface area (Å²) in [4.78, 5) is 0. The predicted molar refractivity (Wildman–Crippen MR) is 82.6 cm³/mol. The number of hydrogen-bond acceptors (Lipinski definition) is 2. The molecule has 0 atom stereocenters. The first kappa shape index (κ1) is 12.0. The quantitative estimate of drug-likeness (QED) is 0.831. The zero-order valence-corrected chi connectivity index (χ0v) is 11.9. The topological polar surface area (TPSA) is 29.0 Å². The van der Waals surface area contributed by atoms with E-state index in [0.717, 1.165) is 32.4 Å². The van der Waals surface area contributed by atoms with Crippen LogP contribution in [-0.2, 0) is 12.0 Å². The maximum atomic E-state index is 3.87. The van der Waals surface area contributed by atoms with Crippen molar-refractivity contribution in [3.63, 3.8) is 0 Å². The number of nitrogens with zero attached hydrogens (tertiary/aromatic N) is 1. The molecule has 2 aliphatic rings. The van der Waals surface area contributed by atoms with Crippen LogP contribution in [0.5, 0.6) is 0 Å². The molecule has 0 radical (unpaired) electrons. The highest BCUT2D eigenvalue weighted by Crippen LogP contribution is 2.42. The van der Waals surface area contributed by atoms with E-state index in [1.165, 1.54) is 22.6 Å². The molecule has 0 amide bonds. The molecule has 1 saturated heterocycles. The lowest BCUT2D eigenvalue weighted by atomic mass is 9.83. The van der Waals surface area contributed by atoms with E-state index >= 15 is 0 Å². The van der Waals surface area contributed by atoms with Gasteiger partial charge in [0.05, 0.1) is 16.9 Å². The SMILES string of the molecule is CCc1ccc2c(c1)NC1(CCNCC1)c1cccn1-2. The van der Waals surface area contributed by atoms with Crippen LogP contribution >= 0.6 is 0 Å². The third kappa shape index (κ3) is 1.63. The van der Waals surface area contributed by atoms with Gasteiger partial charge in [0.1, 0.15) is 0 Å². The maximum Gasteiger partial charge on any atom is 0.0804 e. The smallest absolute Gasteiger partial charge is 0.0804 e. The Hall–Kier alpha value is -1.74. The lowest BCUT2D eigenvalue weighted by Gasteiger charge is -2.43. The fourth-order valence-corrected chi connectivity index (χ4v) is 3.65. The largest absolute Gasteiger partial charge is 0.372 e. The van der Waals surface area contributed by atoms with Gasteiger partial charge >= 0.3 is 0 Å². The Morgan fingerprint density at radius 3 is 2.85 bits per heavy atom. The van der Waals surface area contributed by atoms with Crippen molar-refractivity contribution in [3.05, 3.63) is 47.8 Å². The van der Waals surface area contributed by atoms with Crippen LogP contribution in [0, 0.1) is 0 Å². The highest BCUT2D eigenvalue weighted by molar-refractivity contribution is 5.68. The molecular formula is C17H21N3. The molecule has 1 spiro atoms. The van der Waals surface area contributed by atoms with Gasteiger partial charge in [-0.3, -0.25) is 0 Å². The number of anilines is 1. The molecule has 0 saturated carbocycles. The van der Waals surface area contributed by atoms with Gasteiger partial charge in [0, 0.05) is 11.9 Å². The van der Waals surface area contributed by atoms with E-state index in [1.54, 1.807) is 0 Å². The van der Waals surface area contributed by atoms with Crippen LogP contribution in [0.3, 0.4) is 0 Å². The van der Waals surface area contributed by atoms with Crippen molar-refractivity contribution in [3.8, 4) is 5.69 Å². The van der Waals surface area contributed by atoms with Crippen molar-refractivity contribution in [1.82, 2.24) is 9.88 Å². The Balaban J connectivity index is 1.88. The summed E-state index contributed by atoms with van der Waals surface area (Å²) in [5, 5.41) is 7.35. The van der Waals surface area contributed by atoms with Crippen LogP contribution in [0.1, 0.15) is 31.0 Å². The second kappa shape index (κ2) is 4.38. The highest BCUT2D eigenvalue weighted by atomic mass is 15.2. The van der Waals surface area contributed by atoms with Crippen molar-refractivity contribution >= 4 is 5.69 Å². The van der Waals surface area contributed by atoms with Gasteiger partial charge in [0.25, 0.3) is 0 Å². The van der Waals surface area contributed by atoms with Gasteiger partial charge in [-0.05, 0) is 62.2 Å². The minimum absolute atomic E-state index is 0.105. The third-order valence-electron chi connectivity index (χ3n) is 4.80. The fourth-order valence-electron chi connectivity index (χ4n) is 3.65. The number of hydrogen-bond donors (Lipinski definition) is 2. The van der Waals surface area contributed by atoms with Crippen molar-refractivity contribution < 1.29 is 0 Å². The lowest BCUT2D eigenvalue weighted by molar-refractivity contribution is 0.330. The first-order valence-electron chi connectivity index (χ1n) is 7.62. The molecule has 1 fully saturated rings. The lowest BCUT2D eigenvalue weighted by Crippen LogP contribution is -2.48. The Morgan fingerprint density at radius 1 is 1.20 bits per heavy atom. The van der Waals surface area contributed by atoms with Crippen molar-refractivity contribution in [1.29, 1.82) is 0 Å². The van der Waals surface area contributed by atoms with E-state index in [2.05, 4.69) is 58.7 Å². The molecule has 104 valence electrons. The van der Waals surface area contributed by atoms with Crippen LogP contribution in [0.2, 0.25) is 0 Å². The maximum absolute atomic E-state index is 3.87. The number of benzene rings is 1. The molecule has 2 aromatic rings. The van der Waals surface area contributed by atoms with Gasteiger partial charge in [-0.15, -0.1) is 0 Å². The fraction of sp³-hybridized carbons (Fsp3) is 0.412. The number of rotatable bonds is 1. The molecule has 1 aromatic heterocycles. The average molecular weight is 267 g/mol. The second-order valence-electron chi connectivity index (χ2n) is 5.93. The Kier molecular flexibility index (Phi) is 2.64. The van der Waals surface area contributed by atoms with Crippen LogP contribution < -0.4 is 10.6 Å². The normalized spacial score (nSPS) is 19.2. The molecular weight excluding hydrogens is 246 g/mol. The first-order valence-corrected chi connectivity index (χ1v) is 7.62. The van der Waals surface area contributed by atoms with Crippen LogP contribution in [0.15, 0.2) is 36.5 Å². The molecule has 20 heavy (non-hydrogen) atoms. The monoisotopic (exact) mass is 267 g/mol. The zero-order chi connectivity index (χ0) is 13.6. The minimum atomic E-state index is 0.105. The number of piperidine rings is 1. The second-order valence-corrected chi connectivity index (χ2v) is 5.93. The highest BCUT2D eigenvalue weighted by Gasteiger charge is 2.39. The summed E-state index contributed by atoms with van der Waals surface area (Å²) in [5.41, 5.74) is 5.49. The van der Waals surface area contributed by atoms with E-state index < -0.39 is 0 Å². The summed E-state index contributed by atoms with van der Waals surface area (Å²) in [5.74, 6) is 0. The number of nitrogens with one attached hydrogen (secondary N) is 2. The van der Waals surface area contributed by atoms with Gasteiger partial charge in [0.2, 0.25) is 0 Å². The van der Waals surface area contributed by atoms with Crippen LogP contribution in [0.4, 0.5) is 5.69 Å². The van der Waals surface area contributed by atoms with Crippen molar-refractivity contribution in [2.75, 3.05) is 18.4 Å². The summed E-state index contributed by atoms with van der Waals surface area (Å²) in [7, 11) is 0. The van der Waals surface area contributed by atoms with E-state index in [4.69, 9.17) is 0 Å². The van der Waals surface area contributed by atoms with E-state index in [9.17, 15) is 0 Å². The van der Waals surface area contributed by atoms with E-state index in [0.29, 0.717) is 0 Å². The zero-order valence-electron chi connectivity index (χ0n) is 11.9. The standard InChI is InChI=1S/C17H21N3/c1-2-13-5-6-15-14(12-13)19-17(7-9-18-10-8-17)16-4-3-11-20(15)16/h3-6,11-12,18-19H,2,7-10H2,1H3. The van der Waals surface area contributed by atoms with Gasteiger partial charge in [0.15, 0.2) is 0 Å². The van der Waals surface area contributed by atoms with Gasteiger partial charge in [-0.2, -0.15) is 0 Å². The molecule has 0 bridgehead atoms. The molecule has 2 aliphatic heterocycles. The Bertz CT molecular complexity index is 635. The summed E-state index contributed by atoms with van der Waals surface area (Å²) in [6, 6.07) is 11.3. The Labute approximate surface area is 120 Å². The van der Waals surface area contributed by atoms with Crippen LogP contribution in [-0.4, -0.2) is 17.7 Å². The Morgan fingerprint density at radius 2 is 2.05 bits per heavy atom. The van der Waals surface area contributed by atoms with Gasteiger partial charge in [-0.1, -0.05) is 13.0 Å². The van der Waals surface area contributed by atoms with E-state index in [-0.39, 0.29) is 5.54 Å². The molecule has 0 aliphatic carbocycles. The summed E-state index contributed by atoms with van der Waals surface area (Å²) >= 11 is 0. The number of fused-ring (bicyclic) bond motifs is 4. The van der Waals surface area contributed by atoms with E-state index in [1.807, 2.05) is 0 Å². The van der Waals surface area contributed by atoms with Gasteiger partial charge in [-0.25, -0.2) is 0 Å². The molecule has 4 rings (SSSR count). The molecule has 0 unspecified atom stereocenters. The number of aryl methyl sites for hydroxylation is 1. The first-order chi connectivity index (χ1) is 9.82. The minimum Gasteiger partial charge on any atom is -0.372 e. The van der Waals surface area contributed by atoms with Crippen molar-refractivity contribution in [2.24, 2.45) is 0 Å². The molecule has 1 aromatic carbocycles.